The van der Waals surface area contributed by atoms with Crippen molar-refractivity contribution < 1.29 is 0 Å². The normalized spacial score (nSPS) is 16.3. The molecule has 1 unspecified atom stereocenters. The molecule has 8 aromatic rings. The van der Waals surface area contributed by atoms with Crippen LogP contribution >= 0.6 is 0 Å². The molecule has 2 aliphatic carbocycles. The van der Waals surface area contributed by atoms with E-state index in [0.717, 1.165) is 17.8 Å². The van der Waals surface area contributed by atoms with Crippen LogP contribution in [0.25, 0.3) is 59.8 Å². The Balaban J connectivity index is 1.19. The molecule has 0 heterocycles. The van der Waals surface area contributed by atoms with Crippen molar-refractivity contribution in [2.24, 2.45) is 5.92 Å². The molecule has 0 radical (unpaired) electrons. The molecule has 0 spiro atoms. The minimum atomic E-state index is -0.00821. The van der Waals surface area contributed by atoms with Crippen molar-refractivity contribution in [1.29, 1.82) is 0 Å². The molecule has 0 aromatic heterocycles. The summed E-state index contributed by atoms with van der Waals surface area (Å²) in [4.78, 5) is 2.47. The Hall–Kier alpha value is -5.92. The summed E-state index contributed by atoms with van der Waals surface area (Å²) in [6, 6.07) is 56.5. The standard InChI is InChI=1S/C50H39N/c1-32-18-26-47-45(28-32)46-31-40(24-27-48(46)50(47,2)3)51(38-14-8-13-36(29-38)42-17-9-12-33-10-4-6-15-41(33)42)39-23-25-44-37(30-39)22-21-35-20-19-34-11-5-7-16-43(34)49(35)44/h4-27,29-32H,28H2,1-3H3. The first kappa shape index (κ1) is 29.9. The largest absolute Gasteiger partial charge is 0.310 e. The lowest BCUT2D eigenvalue weighted by Gasteiger charge is -2.28. The van der Waals surface area contributed by atoms with Crippen molar-refractivity contribution in [3.63, 3.8) is 0 Å². The van der Waals surface area contributed by atoms with Crippen LogP contribution in [0.15, 0.2) is 169 Å². The average Bonchev–Trinajstić information content (AvgIpc) is 3.39. The highest BCUT2D eigenvalue weighted by Gasteiger charge is 2.38. The summed E-state index contributed by atoms with van der Waals surface area (Å²) in [5.41, 5.74) is 11.7. The Labute approximate surface area is 299 Å². The van der Waals surface area contributed by atoms with Gasteiger partial charge in [0.2, 0.25) is 0 Å². The van der Waals surface area contributed by atoms with Crippen molar-refractivity contribution in [3.05, 3.63) is 181 Å². The van der Waals surface area contributed by atoms with Gasteiger partial charge in [0.15, 0.2) is 0 Å². The van der Waals surface area contributed by atoms with Gasteiger partial charge in [-0.05, 0) is 125 Å². The van der Waals surface area contributed by atoms with E-state index in [2.05, 4.69) is 189 Å². The molecule has 0 amide bonds. The molecule has 244 valence electrons. The maximum Gasteiger partial charge on any atom is 0.0468 e. The van der Waals surface area contributed by atoms with E-state index >= 15 is 0 Å². The smallest absolute Gasteiger partial charge is 0.0468 e. The lowest BCUT2D eigenvalue weighted by atomic mass is 9.79. The maximum absolute atomic E-state index is 2.47. The van der Waals surface area contributed by atoms with Crippen LogP contribution in [0.4, 0.5) is 17.1 Å². The average molecular weight is 654 g/mol. The van der Waals surface area contributed by atoms with Crippen molar-refractivity contribution in [2.45, 2.75) is 32.6 Å². The van der Waals surface area contributed by atoms with E-state index in [0.29, 0.717) is 5.92 Å². The van der Waals surface area contributed by atoms with Crippen LogP contribution in [-0.4, -0.2) is 0 Å². The van der Waals surface area contributed by atoms with Crippen LogP contribution in [0.2, 0.25) is 0 Å². The molecule has 1 atom stereocenters. The maximum atomic E-state index is 2.47. The highest BCUT2D eigenvalue weighted by Crippen LogP contribution is 2.52. The highest BCUT2D eigenvalue weighted by molar-refractivity contribution is 6.20. The van der Waals surface area contributed by atoms with Crippen LogP contribution < -0.4 is 4.90 Å². The Morgan fingerprint density at radius 2 is 1.18 bits per heavy atom. The van der Waals surface area contributed by atoms with Crippen molar-refractivity contribution >= 4 is 65.7 Å². The minimum absolute atomic E-state index is 0.00821. The molecular formula is C50H39N. The first-order chi connectivity index (χ1) is 24.9. The molecular weight excluding hydrogens is 615 g/mol. The fourth-order valence-corrected chi connectivity index (χ4v) is 9.01. The molecule has 51 heavy (non-hydrogen) atoms. The van der Waals surface area contributed by atoms with Crippen LogP contribution in [0.1, 0.15) is 38.3 Å². The molecule has 0 saturated carbocycles. The third-order valence-electron chi connectivity index (χ3n) is 11.5. The lowest BCUT2D eigenvalue weighted by molar-refractivity contribution is 0.643. The summed E-state index contributed by atoms with van der Waals surface area (Å²) in [7, 11) is 0. The van der Waals surface area contributed by atoms with Gasteiger partial charge >= 0.3 is 0 Å². The quantitative estimate of drug-likeness (QED) is 0.171. The molecule has 8 aromatic carbocycles. The van der Waals surface area contributed by atoms with Gasteiger partial charge in [0.25, 0.3) is 0 Å². The van der Waals surface area contributed by atoms with E-state index in [1.54, 1.807) is 0 Å². The van der Waals surface area contributed by atoms with Crippen molar-refractivity contribution in [3.8, 4) is 11.1 Å². The topological polar surface area (TPSA) is 3.24 Å². The Kier molecular flexibility index (Phi) is 6.64. The summed E-state index contributed by atoms with van der Waals surface area (Å²) in [5.74, 6) is 0.536. The third-order valence-corrected chi connectivity index (χ3v) is 11.5. The summed E-state index contributed by atoms with van der Waals surface area (Å²) in [6.45, 7) is 7.11. The number of rotatable bonds is 4. The molecule has 0 N–H and O–H groups in total. The van der Waals surface area contributed by atoms with Crippen LogP contribution in [0.5, 0.6) is 0 Å². The van der Waals surface area contributed by atoms with Gasteiger partial charge in [0.05, 0.1) is 0 Å². The third kappa shape index (κ3) is 4.68. The number of hydrogen-bond acceptors (Lipinski definition) is 1. The summed E-state index contributed by atoms with van der Waals surface area (Å²) >= 11 is 0. The number of benzene rings is 8. The Morgan fingerprint density at radius 1 is 0.529 bits per heavy atom. The van der Waals surface area contributed by atoms with Gasteiger partial charge in [0, 0.05) is 22.5 Å². The SMILES string of the molecule is CC1C=CC2=C(C1)c1cc(N(c3cccc(-c4cccc5ccccc45)c3)c3ccc4c(ccc5ccc6ccccc6c54)c3)ccc1C2(C)C. The number of anilines is 3. The molecule has 0 bridgehead atoms. The second kappa shape index (κ2) is 11.3. The zero-order chi connectivity index (χ0) is 34.3. The van der Waals surface area contributed by atoms with Gasteiger partial charge in [-0.2, -0.15) is 0 Å². The van der Waals surface area contributed by atoms with Gasteiger partial charge in [-0.25, -0.2) is 0 Å². The fraction of sp³-hybridized carbons (Fsp3) is 0.120. The Bertz CT molecular complexity index is 2770. The lowest BCUT2D eigenvalue weighted by Crippen LogP contribution is -2.17. The summed E-state index contributed by atoms with van der Waals surface area (Å²) < 4.78 is 0. The van der Waals surface area contributed by atoms with Gasteiger partial charge < -0.3 is 4.90 Å². The predicted octanol–water partition coefficient (Wildman–Crippen LogP) is 14.1. The molecule has 0 aliphatic heterocycles. The molecule has 0 saturated heterocycles. The van der Waals surface area contributed by atoms with E-state index in [1.165, 1.54) is 82.2 Å². The van der Waals surface area contributed by atoms with Crippen molar-refractivity contribution in [2.75, 3.05) is 4.90 Å². The minimum Gasteiger partial charge on any atom is -0.310 e. The second-order valence-electron chi connectivity index (χ2n) is 15.1. The van der Waals surface area contributed by atoms with Gasteiger partial charge in [-0.1, -0.05) is 148 Å². The molecule has 0 fully saturated rings. The summed E-state index contributed by atoms with van der Waals surface area (Å²) in [5, 5.41) is 10.2. The monoisotopic (exact) mass is 653 g/mol. The van der Waals surface area contributed by atoms with E-state index in [-0.39, 0.29) is 5.41 Å². The Morgan fingerprint density at radius 3 is 2.04 bits per heavy atom. The first-order valence-electron chi connectivity index (χ1n) is 18.2. The number of fused-ring (bicyclic) bond motifs is 8. The van der Waals surface area contributed by atoms with E-state index < -0.39 is 0 Å². The first-order valence-corrected chi connectivity index (χ1v) is 18.2. The molecule has 2 aliphatic rings. The predicted molar refractivity (Wildman–Crippen MR) is 219 cm³/mol. The number of allylic oxidation sites excluding steroid dienone is 4. The molecule has 1 nitrogen and oxygen atoms in total. The second-order valence-corrected chi connectivity index (χ2v) is 15.1. The number of nitrogens with zero attached hydrogens (tertiary/aromatic N) is 1. The summed E-state index contributed by atoms with van der Waals surface area (Å²) in [6.07, 6.45) is 5.87. The van der Waals surface area contributed by atoms with Crippen LogP contribution in [0.3, 0.4) is 0 Å². The zero-order valence-electron chi connectivity index (χ0n) is 29.3. The highest BCUT2D eigenvalue weighted by atomic mass is 15.1. The van der Waals surface area contributed by atoms with E-state index in [9.17, 15) is 0 Å². The van der Waals surface area contributed by atoms with Gasteiger partial charge in [-0.15, -0.1) is 0 Å². The fourth-order valence-electron chi connectivity index (χ4n) is 9.01. The van der Waals surface area contributed by atoms with Gasteiger partial charge in [-0.3, -0.25) is 0 Å². The van der Waals surface area contributed by atoms with Crippen molar-refractivity contribution in [1.82, 2.24) is 0 Å². The molecule has 1 heteroatoms. The zero-order valence-corrected chi connectivity index (χ0v) is 29.3. The van der Waals surface area contributed by atoms with Crippen LogP contribution in [-0.2, 0) is 5.41 Å². The van der Waals surface area contributed by atoms with Gasteiger partial charge in [0.1, 0.15) is 0 Å². The van der Waals surface area contributed by atoms with E-state index in [1.807, 2.05) is 0 Å². The van der Waals surface area contributed by atoms with E-state index in [4.69, 9.17) is 0 Å². The number of hydrogen-bond donors (Lipinski definition) is 0. The van der Waals surface area contributed by atoms with Crippen LogP contribution in [0, 0.1) is 5.92 Å². The molecule has 10 rings (SSSR count).